The number of carbonyl (C=O) groups excluding carboxylic acids is 2. The number of amides is 2. The number of nitrogens with one attached hydrogen (secondary N) is 5. The maximum atomic E-state index is 9.97. The fourth-order valence-electron chi connectivity index (χ4n) is 2.05. The van der Waals surface area contributed by atoms with Crippen molar-refractivity contribution in [3.8, 4) is 0 Å². The van der Waals surface area contributed by atoms with Crippen molar-refractivity contribution in [3.05, 3.63) is 65.2 Å². The zero-order valence-electron chi connectivity index (χ0n) is 20.2. The molecule has 0 bridgehead atoms. The lowest BCUT2D eigenvalue weighted by Crippen LogP contribution is -2.26. The van der Waals surface area contributed by atoms with Crippen LogP contribution >= 0.6 is 0 Å². The molecule has 2 aromatic rings. The van der Waals surface area contributed by atoms with Crippen LogP contribution in [0.2, 0.25) is 0 Å². The van der Waals surface area contributed by atoms with Crippen LogP contribution in [0.5, 0.6) is 0 Å². The van der Waals surface area contributed by atoms with Crippen molar-refractivity contribution in [2.75, 3.05) is 18.5 Å². The first-order valence-electron chi connectivity index (χ1n) is 10.4. The zero-order valence-corrected chi connectivity index (χ0v) is 20.2. The summed E-state index contributed by atoms with van der Waals surface area (Å²) in [5.41, 5.74) is 16.7. The van der Waals surface area contributed by atoms with Crippen molar-refractivity contribution in [3.63, 3.8) is 0 Å². The summed E-state index contributed by atoms with van der Waals surface area (Å²) in [7, 11) is 0. The van der Waals surface area contributed by atoms with Gasteiger partial charge in [-0.1, -0.05) is 24.3 Å². The van der Waals surface area contributed by atoms with E-state index < -0.39 is 11.9 Å². The van der Waals surface area contributed by atoms with Gasteiger partial charge in [-0.25, -0.2) is 0 Å². The van der Waals surface area contributed by atoms with Crippen molar-refractivity contribution >= 4 is 47.3 Å². The van der Waals surface area contributed by atoms with Crippen molar-refractivity contribution in [1.29, 1.82) is 10.8 Å². The molecule has 2 aromatic carbocycles. The van der Waals surface area contributed by atoms with Gasteiger partial charge in [0.05, 0.1) is 11.9 Å². The summed E-state index contributed by atoms with van der Waals surface area (Å²) in [4.78, 5) is 39.3. The zero-order chi connectivity index (χ0) is 28.4. The molecule has 0 aliphatic rings. The summed E-state index contributed by atoms with van der Waals surface area (Å²) < 4.78 is 0. The van der Waals surface area contributed by atoms with Gasteiger partial charge in [0.25, 0.3) is 0 Å². The number of anilines is 1. The Bertz CT molecular complexity index is 1060. The topological polar surface area (TPSA) is 257 Å². The predicted molar refractivity (Wildman–Crippen MR) is 139 cm³/mol. The van der Waals surface area contributed by atoms with Crippen LogP contribution in [-0.2, 0) is 19.2 Å². The third kappa shape index (κ3) is 16.9. The molecule has 0 atom stereocenters. The number of hydrogen-bond acceptors (Lipinski definition) is 8. The normalized spacial score (nSPS) is 9.46. The standard InChI is InChI=1S/C15H16N6.2C4H7NO3/c16-14(17)11-3-1-10(2-4-11)9-20-21-13-7-5-12(6-8-13)15(18)19;2*1-3(6)5-2-4(7)8/h1-9,21H,(H3,16,17)(H3,18,19);2*2H2,1H3,(H,5,6)(H,7,8)/b20-9+;;. The Hall–Kier alpha value is -5.27. The third-order valence-corrected chi connectivity index (χ3v) is 3.80. The first kappa shape index (κ1) is 31.7. The molecule has 0 aromatic heterocycles. The smallest absolute Gasteiger partial charge is 0.322 e. The summed E-state index contributed by atoms with van der Waals surface area (Å²) in [5.74, 6) is -2.63. The van der Waals surface area contributed by atoms with Gasteiger partial charge in [-0.05, 0) is 29.8 Å². The lowest BCUT2D eigenvalue weighted by molar-refractivity contribution is -0.138. The Morgan fingerprint density at radius 3 is 1.46 bits per heavy atom. The Morgan fingerprint density at radius 1 is 0.784 bits per heavy atom. The van der Waals surface area contributed by atoms with E-state index >= 15 is 0 Å². The van der Waals surface area contributed by atoms with Gasteiger partial charge in [0.1, 0.15) is 24.8 Å². The maximum absolute atomic E-state index is 9.97. The fraction of sp³-hybridized carbons (Fsp3) is 0.174. The van der Waals surface area contributed by atoms with Crippen molar-refractivity contribution in [2.45, 2.75) is 13.8 Å². The van der Waals surface area contributed by atoms with Gasteiger partial charge in [0, 0.05) is 25.0 Å². The van der Waals surface area contributed by atoms with Crippen molar-refractivity contribution in [1.82, 2.24) is 10.6 Å². The van der Waals surface area contributed by atoms with Gasteiger partial charge < -0.3 is 32.3 Å². The molecular formula is C23H30N8O6. The minimum absolute atomic E-state index is 0.0376. The average Bonchev–Trinajstić information content (AvgIpc) is 2.83. The van der Waals surface area contributed by atoms with E-state index in [9.17, 15) is 19.2 Å². The molecule has 14 nitrogen and oxygen atoms in total. The van der Waals surface area contributed by atoms with Crippen molar-refractivity contribution in [2.24, 2.45) is 16.6 Å². The van der Waals surface area contributed by atoms with Crippen LogP contribution in [0, 0.1) is 10.8 Å². The van der Waals surface area contributed by atoms with Gasteiger partial charge in [0.15, 0.2) is 0 Å². The molecular weight excluding hydrogens is 484 g/mol. The minimum Gasteiger partial charge on any atom is -0.480 e. The largest absolute Gasteiger partial charge is 0.480 e. The summed E-state index contributed by atoms with van der Waals surface area (Å²) in [6.45, 7) is 1.94. The first-order valence-corrected chi connectivity index (χ1v) is 10.4. The predicted octanol–water partition coefficient (Wildman–Crippen LogP) is 0.115. The second-order valence-corrected chi connectivity index (χ2v) is 7.00. The molecule has 0 aliphatic carbocycles. The quantitative estimate of drug-likeness (QED) is 0.125. The average molecular weight is 515 g/mol. The number of amidine groups is 2. The summed E-state index contributed by atoms with van der Waals surface area (Å²) in [6, 6.07) is 14.3. The van der Waals surface area contributed by atoms with E-state index in [0.29, 0.717) is 11.1 Å². The molecule has 0 saturated carbocycles. The number of carboxylic acid groups (broad SMARTS) is 2. The number of rotatable bonds is 9. The molecule has 0 spiro atoms. The molecule has 0 aliphatic heterocycles. The second-order valence-electron chi connectivity index (χ2n) is 7.00. The van der Waals surface area contributed by atoms with Gasteiger partial charge >= 0.3 is 11.9 Å². The number of carbonyl (C=O) groups is 4. The minimum atomic E-state index is -1.03. The molecule has 198 valence electrons. The van der Waals surface area contributed by atoms with Gasteiger partial charge in [-0.3, -0.25) is 35.4 Å². The van der Waals surface area contributed by atoms with E-state index in [2.05, 4.69) is 21.2 Å². The highest BCUT2D eigenvalue weighted by atomic mass is 16.4. The van der Waals surface area contributed by atoms with Gasteiger partial charge in [-0.15, -0.1) is 0 Å². The number of carboxylic acids is 2. The molecule has 0 unspecified atom stereocenters. The molecule has 2 rings (SSSR count). The molecule has 0 saturated heterocycles. The van der Waals surface area contributed by atoms with Crippen LogP contribution in [0.4, 0.5) is 5.69 Å². The summed E-state index contributed by atoms with van der Waals surface area (Å²) >= 11 is 0. The third-order valence-electron chi connectivity index (χ3n) is 3.80. The van der Waals surface area contributed by atoms with Crippen LogP contribution in [0.1, 0.15) is 30.5 Å². The van der Waals surface area contributed by atoms with Crippen molar-refractivity contribution < 1.29 is 29.4 Å². The van der Waals surface area contributed by atoms with E-state index in [4.69, 9.17) is 32.5 Å². The van der Waals surface area contributed by atoms with E-state index in [-0.39, 0.29) is 36.6 Å². The van der Waals surface area contributed by atoms with E-state index in [0.717, 1.165) is 11.3 Å². The lowest BCUT2D eigenvalue weighted by Gasteiger charge is -2.02. The Labute approximate surface area is 212 Å². The number of hydrogen-bond donors (Lipinski definition) is 9. The number of hydrazone groups is 1. The number of nitrogens with zero attached hydrogens (tertiary/aromatic N) is 1. The number of benzene rings is 2. The molecule has 14 heteroatoms. The van der Waals surface area contributed by atoms with Crippen LogP contribution in [0.25, 0.3) is 0 Å². The second kappa shape index (κ2) is 17.2. The van der Waals surface area contributed by atoms with Gasteiger partial charge in [-0.2, -0.15) is 5.10 Å². The van der Waals surface area contributed by atoms with Crippen LogP contribution in [0.15, 0.2) is 53.6 Å². The highest BCUT2D eigenvalue weighted by molar-refractivity contribution is 5.96. The van der Waals surface area contributed by atoms with Gasteiger partial charge in [0.2, 0.25) is 11.8 Å². The fourth-order valence-corrected chi connectivity index (χ4v) is 2.05. The maximum Gasteiger partial charge on any atom is 0.322 e. The Kier molecular flexibility index (Phi) is 14.8. The Morgan fingerprint density at radius 2 is 1.16 bits per heavy atom. The molecule has 0 heterocycles. The number of nitrogen functional groups attached to an aromatic ring is 2. The lowest BCUT2D eigenvalue weighted by atomic mass is 10.1. The Balaban J connectivity index is 0.000000669. The van der Waals surface area contributed by atoms with Crippen LogP contribution in [0.3, 0.4) is 0 Å². The first-order chi connectivity index (χ1) is 17.3. The molecule has 0 radical (unpaired) electrons. The molecule has 2 amide bonds. The summed E-state index contributed by atoms with van der Waals surface area (Å²) in [6.07, 6.45) is 1.67. The summed E-state index contributed by atoms with van der Waals surface area (Å²) in [5, 5.41) is 38.8. The SMILES string of the molecule is CC(=O)NCC(=O)O.CC(=O)NCC(=O)O.N=C(N)c1ccc(/C=N/Nc2ccc(C(=N)N)cc2)cc1. The molecule has 11 N–H and O–H groups in total. The highest BCUT2D eigenvalue weighted by Gasteiger charge is 1.97. The van der Waals surface area contributed by atoms with Crippen LogP contribution in [-0.4, -0.2) is 64.9 Å². The number of nitrogens with two attached hydrogens (primary N) is 2. The van der Waals surface area contributed by atoms with E-state index in [1.165, 1.54) is 13.8 Å². The van der Waals surface area contributed by atoms with E-state index in [1.54, 1.807) is 42.6 Å². The highest BCUT2D eigenvalue weighted by Crippen LogP contribution is 2.09. The molecule has 0 fully saturated rings. The molecule has 37 heavy (non-hydrogen) atoms. The number of aliphatic carboxylic acids is 2. The monoisotopic (exact) mass is 514 g/mol. The van der Waals surface area contributed by atoms with E-state index in [1.807, 2.05) is 12.1 Å². The van der Waals surface area contributed by atoms with Crippen LogP contribution < -0.4 is 27.5 Å².